The van der Waals surface area contributed by atoms with Gasteiger partial charge in [-0.3, -0.25) is 4.90 Å². The minimum Gasteiger partial charge on any atom is -0.319 e. The molecule has 1 aromatic rings. The summed E-state index contributed by atoms with van der Waals surface area (Å²) in [7, 11) is 1.97. The first kappa shape index (κ1) is 14.9. The van der Waals surface area contributed by atoms with Gasteiger partial charge in [0.25, 0.3) is 0 Å². The summed E-state index contributed by atoms with van der Waals surface area (Å²) < 4.78 is 26.9. The molecule has 1 aliphatic heterocycles. The van der Waals surface area contributed by atoms with E-state index in [0.29, 0.717) is 12.0 Å². The van der Waals surface area contributed by atoms with E-state index in [0.717, 1.165) is 25.1 Å². The summed E-state index contributed by atoms with van der Waals surface area (Å²) in [5.74, 6) is -1.02. The summed E-state index contributed by atoms with van der Waals surface area (Å²) in [4.78, 5) is 2.54. The van der Waals surface area contributed by atoms with Gasteiger partial charge in [0.1, 0.15) is 0 Å². The SMILES string of the molecule is CNCC1CCCCN(C2CC2)C1c1ccc(F)c(F)c1. The van der Waals surface area contributed by atoms with E-state index in [2.05, 4.69) is 10.2 Å². The lowest BCUT2D eigenvalue weighted by Crippen LogP contribution is -2.37. The first-order chi connectivity index (χ1) is 10.2. The number of benzene rings is 1. The van der Waals surface area contributed by atoms with Gasteiger partial charge in [-0.2, -0.15) is 0 Å². The van der Waals surface area contributed by atoms with Crippen LogP contribution in [-0.4, -0.2) is 31.1 Å². The molecule has 2 fully saturated rings. The van der Waals surface area contributed by atoms with Gasteiger partial charge in [0.15, 0.2) is 11.6 Å². The molecule has 1 aromatic carbocycles. The summed E-state index contributed by atoms with van der Waals surface area (Å²) in [5, 5.41) is 3.28. The number of rotatable bonds is 4. The van der Waals surface area contributed by atoms with E-state index < -0.39 is 11.6 Å². The van der Waals surface area contributed by atoms with E-state index in [9.17, 15) is 8.78 Å². The molecular weight excluding hydrogens is 270 g/mol. The molecule has 21 heavy (non-hydrogen) atoms. The molecule has 4 heteroatoms. The van der Waals surface area contributed by atoms with E-state index in [1.165, 1.54) is 37.8 Å². The van der Waals surface area contributed by atoms with Gasteiger partial charge in [-0.05, 0) is 69.4 Å². The Hall–Kier alpha value is -1.00. The second-order valence-electron chi connectivity index (χ2n) is 6.40. The van der Waals surface area contributed by atoms with Gasteiger partial charge < -0.3 is 5.32 Å². The summed E-state index contributed by atoms with van der Waals surface area (Å²) in [5.41, 5.74) is 0.933. The Kier molecular flexibility index (Phi) is 4.55. The molecule has 2 unspecified atom stereocenters. The van der Waals surface area contributed by atoms with Crippen LogP contribution in [0.1, 0.15) is 43.7 Å². The maximum Gasteiger partial charge on any atom is 0.159 e. The molecule has 1 N–H and O–H groups in total. The van der Waals surface area contributed by atoms with Crippen LogP contribution in [0.15, 0.2) is 18.2 Å². The monoisotopic (exact) mass is 294 g/mol. The van der Waals surface area contributed by atoms with Crippen LogP contribution in [0.4, 0.5) is 8.78 Å². The summed E-state index contributed by atoms with van der Waals surface area (Å²) >= 11 is 0. The van der Waals surface area contributed by atoms with Gasteiger partial charge in [0, 0.05) is 12.1 Å². The highest BCUT2D eigenvalue weighted by molar-refractivity contribution is 5.23. The predicted molar refractivity (Wildman–Crippen MR) is 80.1 cm³/mol. The van der Waals surface area contributed by atoms with Gasteiger partial charge in [-0.15, -0.1) is 0 Å². The number of hydrogen-bond donors (Lipinski definition) is 1. The zero-order valence-corrected chi connectivity index (χ0v) is 12.6. The third-order valence-corrected chi connectivity index (χ3v) is 4.81. The van der Waals surface area contributed by atoms with E-state index in [-0.39, 0.29) is 6.04 Å². The Balaban J connectivity index is 1.94. The number of halogens is 2. The van der Waals surface area contributed by atoms with Gasteiger partial charge >= 0.3 is 0 Å². The Morgan fingerprint density at radius 2 is 1.95 bits per heavy atom. The molecular formula is C17H24F2N2. The van der Waals surface area contributed by atoms with E-state index in [4.69, 9.17) is 0 Å². The van der Waals surface area contributed by atoms with Crippen LogP contribution < -0.4 is 5.32 Å². The molecule has 2 atom stereocenters. The number of nitrogens with one attached hydrogen (secondary N) is 1. The maximum atomic E-state index is 13.7. The first-order valence-electron chi connectivity index (χ1n) is 8.06. The molecule has 0 spiro atoms. The molecule has 3 rings (SSSR count). The number of hydrogen-bond acceptors (Lipinski definition) is 2. The second kappa shape index (κ2) is 6.41. The van der Waals surface area contributed by atoms with Crippen LogP contribution in [0, 0.1) is 17.6 Å². The van der Waals surface area contributed by atoms with Gasteiger partial charge in [0.05, 0.1) is 0 Å². The molecule has 0 amide bonds. The van der Waals surface area contributed by atoms with Crippen molar-refractivity contribution in [3.05, 3.63) is 35.4 Å². The predicted octanol–water partition coefficient (Wildman–Crippen LogP) is 3.49. The lowest BCUT2D eigenvalue weighted by molar-refractivity contribution is 0.145. The van der Waals surface area contributed by atoms with E-state index >= 15 is 0 Å². The molecule has 0 radical (unpaired) electrons. The normalized spacial score (nSPS) is 27.6. The fraction of sp³-hybridized carbons (Fsp3) is 0.647. The van der Waals surface area contributed by atoms with Gasteiger partial charge in [-0.25, -0.2) is 8.78 Å². The van der Waals surface area contributed by atoms with Crippen LogP contribution in [-0.2, 0) is 0 Å². The molecule has 2 aliphatic rings. The van der Waals surface area contributed by atoms with Crippen LogP contribution in [0.5, 0.6) is 0 Å². The lowest BCUT2D eigenvalue weighted by atomic mass is 9.89. The molecule has 0 aromatic heterocycles. The van der Waals surface area contributed by atoms with Gasteiger partial charge in [-0.1, -0.05) is 12.5 Å². The van der Waals surface area contributed by atoms with Crippen molar-refractivity contribution in [2.75, 3.05) is 20.1 Å². The van der Waals surface area contributed by atoms with Crippen molar-refractivity contribution in [3.8, 4) is 0 Å². The van der Waals surface area contributed by atoms with Crippen molar-refractivity contribution >= 4 is 0 Å². The van der Waals surface area contributed by atoms with Crippen molar-refractivity contribution in [2.45, 2.75) is 44.2 Å². The van der Waals surface area contributed by atoms with Crippen molar-refractivity contribution in [1.29, 1.82) is 0 Å². The Labute approximate surface area is 125 Å². The minimum absolute atomic E-state index is 0.211. The standard InChI is InChI=1S/C17H24F2N2/c1-20-11-13-4-2-3-9-21(14-6-7-14)17(13)12-5-8-15(18)16(19)10-12/h5,8,10,13-14,17,20H,2-4,6-7,9,11H2,1H3. The first-order valence-corrected chi connectivity index (χ1v) is 8.06. The maximum absolute atomic E-state index is 13.7. The smallest absolute Gasteiger partial charge is 0.159 e. The quantitative estimate of drug-likeness (QED) is 0.914. The zero-order valence-electron chi connectivity index (χ0n) is 12.6. The van der Waals surface area contributed by atoms with Crippen LogP contribution in [0.25, 0.3) is 0 Å². The molecule has 0 bridgehead atoms. The minimum atomic E-state index is -0.754. The second-order valence-corrected chi connectivity index (χ2v) is 6.40. The zero-order chi connectivity index (χ0) is 14.8. The Morgan fingerprint density at radius 1 is 1.14 bits per heavy atom. The molecule has 116 valence electrons. The fourth-order valence-corrected chi connectivity index (χ4v) is 3.72. The third-order valence-electron chi connectivity index (χ3n) is 4.81. The highest BCUT2D eigenvalue weighted by atomic mass is 19.2. The van der Waals surface area contributed by atoms with Crippen LogP contribution in [0.2, 0.25) is 0 Å². The highest BCUT2D eigenvalue weighted by Crippen LogP contribution is 2.42. The summed E-state index contributed by atoms with van der Waals surface area (Å²) in [6.07, 6.45) is 6.05. The third kappa shape index (κ3) is 3.27. The topological polar surface area (TPSA) is 15.3 Å². The number of nitrogens with zero attached hydrogens (tertiary/aromatic N) is 1. The van der Waals surface area contributed by atoms with Gasteiger partial charge in [0.2, 0.25) is 0 Å². The molecule has 1 saturated carbocycles. The summed E-state index contributed by atoms with van der Waals surface area (Å²) in [6, 6.07) is 5.30. The van der Waals surface area contributed by atoms with E-state index in [1.807, 2.05) is 7.05 Å². The fourth-order valence-electron chi connectivity index (χ4n) is 3.72. The van der Waals surface area contributed by atoms with Crippen molar-refractivity contribution in [1.82, 2.24) is 10.2 Å². The average Bonchev–Trinajstić information content (AvgIpc) is 3.28. The molecule has 2 nitrogen and oxygen atoms in total. The van der Waals surface area contributed by atoms with Crippen molar-refractivity contribution < 1.29 is 8.78 Å². The molecule has 1 saturated heterocycles. The van der Waals surface area contributed by atoms with Crippen LogP contribution >= 0.6 is 0 Å². The Morgan fingerprint density at radius 3 is 2.62 bits per heavy atom. The van der Waals surface area contributed by atoms with E-state index in [1.54, 1.807) is 6.07 Å². The van der Waals surface area contributed by atoms with Crippen molar-refractivity contribution in [2.24, 2.45) is 5.92 Å². The lowest BCUT2D eigenvalue weighted by Gasteiger charge is -2.36. The van der Waals surface area contributed by atoms with Crippen molar-refractivity contribution in [3.63, 3.8) is 0 Å². The average molecular weight is 294 g/mol. The van der Waals surface area contributed by atoms with Crippen LogP contribution in [0.3, 0.4) is 0 Å². The largest absolute Gasteiger partial charge is 0.319 e. The highest BCUT2D eigenvalue weighted by Gasteiger charge is 2.39. The molecule has 1 heterocycles. The number of likely N-dealkylation sites (tertiary alicyclic amines) is 1. The summed E-state index contributed by atoms with van der Waals surface area (Å²) in [6.45, 7) is 2.00. The Bertz CT molecular complexity index is 488. The molecule has 1 aliphatic carbocycles.